The van der Waals surface area contributed by atoms with E-state index >= 15 is 0 Å². The third kappa shape index (κ3) is 2.32. The van der Waals surface area contributed by atoms with Gasteiger partial charge in [-0.1, -0.05) is 35.0 Å². The van der Waals surface area contributed by atoms with E-state index in [1.807, 2.05) is 0 Å². The van der Waals surface area contributed by atoms with Crippen LogP contribution in [0.5, 0.6) is 0 Å². The zero-order valence-corrected chi connectivity index (χ0v) is 9.61. The fraction of sp³-hybridized carbons (Fsp3) is 0.357. The third-order valence-electron chi connectivity index (χ3n) is 3.12. The Hall–Kier alpha value is -1.57. The molecule has 1 aromatic carbocycles. The van der Waals surface area contributed by atoms with Gasteiger partial charge in [0.1, 0.15) is 0 Å². The lowest BCUT2D eigenvalue weighted by molar-refractivity contribution is 0.321. The fourth-order valence-electron chi connectivity index (χ4n) is 2.23. The molecule has 0 saturated heterocycles. The molecule has 1 N–H and O–H groups in total. The normalized spacial score (nSPS) is 17.1. The summed E-state index contributed by atoms with van der Waals surface area (Å²) >= 11 is 0. The van der Waals surface area contributed by atoms with Crippen LogP contribution < -0.4 is 0 Å². The number of rotatable bonds is 2. The summed E-state index contributed by atoms with van der Waals surface area (Å²) in [5, 5.41) is 11.8. The van der Waals surface area contributed by atoms with Gasteiger partial charge in [-0.3, -0.25) is 0 Å². The minimum atomic E-state index is 1.02. The molecule has 0 amide bonds. The lowest BCUT2D eigenvalue weighted by atomic mass is 9.87. The highest BCUT2D eigenvalue weighted by Gasteiger charge is 2.12. The molecule has 0 radical (unpaired) electrons. The Bertz CT molecular complexity index is 415. The predicted octanol–water partition coefficient (Wildman–Crippen LogP) is 3.78. The van der Waals surface area contributed by atoms with Crippen LogP contribution in [-0.4, -0.2) is 11.4 Å². The Morgan fingerprint density at radius 1 is 1.12 bits per heavy atom. The van der Waals surface area contributed by atoms with Gasteiger partial charge in [0, 0.05) is 0 Å². The van der Waals surface area contributed by atoms with Crippen molar-refractivity contribution in [2.45, 2.75) is 32.6 Å². The molecule has 0 bridgehead atoms. The van der Waals surface area contributed by atoms with E-state index in [0.29, 0.717) is 0 Å². The Kier molecular flexibility index (Phi) is 3.40. The van der Waals surface area contributed by atoms with Crippen LogP contribution in [-0.2, 0) is 0 Å². The summed E-state index contributed by atoms with van der Waals surface area (Å²) in [5.74, 6) is 0. The first-order valence-electron chi connectivity index (χ1n) is 5.78. The van der Waals surface area contributed by atoms with Crippen LogP contribution in [0.25, 0.3) is 5.57 Å². The second-order valence-electron chi connectivity index (χ2n) is 4.32. The van der Waals surface area contributed by atoms with Crippen LogP contribution in [0.3, 0.4) is 0 Å². The summed E-state index contributed by atoms with van der Waals surface area (Å²) in [7, 11) is 0. The summed E-state index contributed by atoms with van der Waals surface area (Å²) in [6, 6.07) is 8.57. The van der Waals surface area contributed by atoms with Crippen molar-refractivity contribution in [1.29, 1.82) is 0 Å². The third-order valence-corrected chi connectivity index (χ3v) is 3.12. The minimum absolute atomic E-state index is 1.02. The molecule has 84 valence electrons. The van der Waals surface area contributed by atoms with Gasteiger partial charge in [0.15, 0.2) is 0 Å². The second kappa shape index (κ2) is 4.97. The molecule has 0 heterocycles. The van der Waals surface area contributed by atoms with E-state index in [2.05, 4.69) is 36.3 Å². The Balaban J connectivity index is 2.39. The molecule has 0 aliphatic heterocycles. The molecule has 0 saturated carbocycles. The molecule has 1 aliphatic rings. The van der Waals surface area contributed by atoms with Crippen molar-refractivity contribution in [3.05, 3.63) is 41.0 Å². The highest BCUT2D eigenvalue weighted by Crippen LogP contribution is 2.31. The molecule has 1 aliphatic carbocycles. The highest BCUT2D eigenvalue weighted by molar-refractivity contribution is 5.91. The summed E-state index contributed by atoms with van der Waals surface area (Å²) in [4.78, 5) is 0. The monoisotopic (exact) mass is 215 g/mol. The molecule has 2 nitrogen and oxygen atoms in total. The number of nitrogens with zero attached hydrogens (tertiary/aromatic N) is 1. The van der Waals surface area contributed by atoms with Crippen LogP contribution in [0.1, 0.15) is 36.8 Å². The van der Waals surface area contributed by atoms with Crippen molar-refractivity contribution in [2.24, 2.45) is 5.16 Å². The molecule has 0 atom stereocenters. The van der Waals surface area contributed by atoms with Gasteiger partial charge >= 0.3 is 0 Å². The van der Waals surface area contributed by atoms with E-state index in [-0.39, 0.29) is 0 Å². The smallest absolute Gasteiger partial charge is 0.0696 e. The number of benzene rings is 1. The van der Waals surface area contributed by atoms with Gasteiger partial charge in [-0.2, -0.15) is 0 Å². The molecule has 0 unspecified atom stereocenters. The average molecular weight is 215 g/mol. The zero-order chi connectivity index (χ0) is 11.4. The van der Waals surface area contributed by atoms with E-state index in [9.17, 15) is 0 Å². The average Bonchev–Trinajstić information content (AvgIpc) is 2.32. The SMILES string of the molecule is Cc1ccc(C2=C(/C=N/O)CCCC2)cc1. The number of aryl methyl sites for hydroxylation is 1. The number of oxime groups is 1. The lowest BCUT2D eigenvalue weighted by Crippen LogP contribution is -2.00. The van der Waals surface area contributed by atoms with Crippen molar-refractivity contribution >= 4 is 11.8 Å². The topological polar surface area (TPSA) is 32.6 Å². The van der Waals surface area contributed by atoms with E-state index < -0.39 is 0 Å². The van der Waals surface area contributed by atoms with Crippen LogP contribution in [0, 0.1) is 6.92 Å². The molecule has 2 rings (SSSR count). The van der Waals surface area contributed by atoms with E-state index in [4.69, 9.17) is 5.21 Å². The summed E-state index contributed by atoms with van der Waals surface area (Å²) < 4.78 is 0. The molecular weight excluding hydrogens is 198 g/mol. The first-order chi connectivity index (χ1) is 7.81. The maximum absolute atomic E-state index is 8.66. The number of hydrogen-bond acceptors (Lipinski definition) is 2. The quantitative estimate of drug-likeness (QED) is 0.454. The largest absolute Gasteiger partial charge is 0.411 e. The van der Waals surface area contributed by atoms with Crippen molar-refractivity contribution in [2.75, 3.05) is 0 Å². The van der Waals surface area contributed by atoms with Crippen LogP contribution >= 0.6 is 0 Å². The minimum Gasteiger partial charge on any atom is -0.411 e. The predicted molar refractivity (Wildman–Crippen MR) is 66.8 cm³/mol. The van der Waals surface area contributed by atoms with Gasteiger partial charge in [-0.25, -0.2) is 0 Å². The molecule has 0 spiro atoms. The van der Waals surface area contributed by atoms with Gasteiger partial charge in [0.2, 0.25) is 0 Å². The molecule has 1 aromatic rings. The summed E-state index contributed by atoms with van der Waals surface area (Å²) in [6.07, 6.45) is 6.12. The van der Waals surface area contributed by atoms with Crippen molar-refractivity contribution in [3.8, 4) is 0 Å². The summed E-state index contributed by atoms with van der Waals surface area (Å²) in [5.41, 5.74) is 5.05. The second-order valence-corrected chi connectivity index (χ2v) is 4.32. The standard InChI is InChI=1S/C14H17NO/c1-11-6-8-12(9-7-11)14-5-3-2-4-13(14)10-15-16/h6-10,16H,2-5H2,1H3/b15-10+. The van der Waals surface area contributed by atoms with Crippen LogP contribution in [0.2, 0.25) is 0 Å². The molecule has 0 aromatic heterocycles. The van der Waals surface area contributed by atoms with Crippen molar-refractivity contribution < 1.29 is 5.21 Å². The highest BCUT2D eigenvalue weighted by atomic mass is 16.4. The fourth-order valence-corrected chi connectivity index (χ4v) is 2.23. The number of allylic oxidation sites excluding steroid dienone is 2. The molecule has 2 heteroatoms. The summed E-state index contributed by atoms with van der Waals surface area (Å²) in [6.45, 7) is 2.09. The van der Waals surface area contributed by atoms with Gasteiger partial charge in [0.05, 0.1) is 6.21 Å². The molecule has 0 fully saturated rings. The van der Waals surface area contributed by atoms with Crippen molar-refractivity contribution in [3.63, 3.8) is 0 Å². The number of hydrogen-bond donors (Lipinski definition) is 1. The maximum Gasteiger partial charge on any atom is 0.0696 e. The van der Waals surface area contributed by atoms with Crippen LogP contribution in [0.4, 0.5) is 0 Å². The first kappa shape index (κ1) is 10.9. The Morgan fingerprint density at radius 2 is 1.81 bits per heavy atom. The zero-order valence-electron chi connectivity index (χ0n) is 9.61. The van der Waals surface area contributed by atoms with Crippen LogP contribution in [0.15, 0.2) is 35.0 Å². The Labute approximate surface area is 96.3 Å². The lowest BCUT2D eigenvalue weighted by Gasteiger charge is -2.17. The van der Waals surface area contributed by atoms with Gasteiger partial charge in [-0.05, 0) is 49.3 Å². The van der Waals surface area contributed by atoms with Gasteiger partial charge in [-0.15, -0.1) is 0 Å². The molecule has 16 heavy (non-hydrogen) atoms. The maximum atomic E-state index is 8.66. The van der Waals surface area contributed by atoms with E-state index in [1.165, 1.54) is 35.1 Å². The van der Waals surface area contributed by atoms with Gasteiger partial charge in [0.25, 0.3) is 0 Å². The molecular formula is C14H17NO. The van der Waals surface area contributed by atoms with Crippen molar-refractivity contribution in [1.82, 2.24) is 0 Å². The van der Waals surface area contributed by atoms with E-state index in [1.54, 1.807) is 6.21 Å². The first-order valence-corrected chi connectivity index (χ1v) is 5.78. The van der Waals surface area contributed by atoms with E-state index in [0.717, 1.165) is 12.8 Å². The van der Waals surface area contributed by atoms with Gasteiger partial charge < -0.3 is 5.21 Å². The Morgan fingerprint density at radius 3 is 2.50 bits per heavy atom.